The van der Waals surface area contributed by atoms with Gasteiger partial charge in [0.15, 0.2) is 0 Å². The number of anilines is 3. The summed E-state index contributed by atoms with van der Waals surface area (Å²) in [5.41, 5.74) is 17.4. The minimum Gasteiger partial charge on any atom is -0.310 e. The van der Waals surface area contributed by atoms with Gasteiger partial charge in [-0.05, 0) is 112 Å². The summed E-state index contributed by atoms with van der Waals surface area (Å²) in [5, 5.41) is 2.61. The topological polar surface area (TPSA) is 8.17 Å². The molecule has 1 aliphatic rings. The van der Waals surface area contributed by atoms with Crippen molar-refractivity contribution in [3.8, 4) is 39.1 Å². The third-order valence-corrected chi connectivity index (χ3v) is 10.4. The Morgan fingerprint density at radius 3 is 1.63 bits per heavy atom. The molecular formula is C49H34N2. The first-order valence-corrected chi connectivity index (χ1v) is 17.6. The van der Waals surface area contributed by atoms with Gasteiger partial charge in [-0.1, -0.05) is 133 Å². The molecule has 240 valence electrons. The molecule has 2 heteroatoms. The van der Waals surface area contributed by atoms with Gasteiger partial charge in [0.1, 0.15) is 0 Å². The molecule has 2 nitrogen and oxygen atoms in total. The Kier molecular flexibility index (Phi) is 6.92. The molecule has 0 atom stereocenters. The number of hydrogen-bond donors (Lipinski definition) is 0. The lowest BCUT2D eigenvalue weighted by Gasteiger charge is -2.26. The summed E-state index contributed by atoms with van der Waals surface area (Å²) in [7, 11) is 0. The summed E-state index contributed by atoms with van der Waals surface area (Å²) in [6.07, 6.45) is 0.942. The van der Waals surface area contributed by atoms with E-state index in [4.69, 9.17) is 0 Å². The van der Waals surface area contributed by atoms with Gasteiger partial charge in [-0.25, -0.2) is 0 Å². The molecular weight excluding hydrogens is 617 g/mol. The Hall–Kier alpha value is -6.64. The summed E-state index contributed by atoms with van der Waals surface area (Å²) >= 11 is 0. The molecule has 1 heterocycles. The number of aromatic nitrogens is 1. The van der Waals surface area contributed by atoms with E-state index in [9.17, 15) is 0 Å². The van der Waals surface area contributed by atoms with Crippen LogP contribution in [0.25, 0.3) is 60.9 Å². The van der Waals surface area contributed by atoms with E-state index in [2.05, 4.69) is 204 Å². The molecule has 1 aliphatic carbocycles. The molecule has 0 N–H and O–H groups in total. The highest BCUT2D eigenvalue weighted by Crippen LogP contribution is 2.46. The maximum absolute atomic E-state index is 2.43. The van der Waals surface area contributed by atoms with Crippen LogP contribution in [0.4, 0.5) is 17.1 Å². The van der Waals surface area contributed by atoms with Gasteiger partial charge >= 0.3 is 0 Å². The number of benzene rings is 8. The second-order valence-corrected chi connectivity index (χ2v) is 13.4. The Bertz CT molecular complexity index is 2670. The zero-order valence-corrected chi connectivity index (χ0v) is 28.1. The SMILES string of the molecule is c1ccc(-c2ccc(-c3ccc(N(c4ccccc4)c4ccc5c(c4)c4c6c(ccc4n5-c4ccccc4)-c4ccccc4C6)cc3)cc2)cc1. The van der Waals surface area contributed by atoms with E-state index in [1.165, 1.54) is 72.0 Å². The molecule has 10 rings (SSSR count). The van der Waals surface area contributed by atoms with Crippen molar-refractivity contribution in [3.63, 3.8) is 0 Å². The first-order valence-electron chi connectivity index (χ1n) is 17.6. The standard InChI is InChI=1S/C49H34N2/c1-4-12-34(13-5-1)35-20-22-36(23-21-35)37-24-26-41(27-25-37)50(39-15-6-2-7-16-39)42-28-30-47-46(33-42)49-45-32-38-14-10-11-19-43(38)44(45)29-31-48(49)51(47)40-17-8-3-9-18-40/h1-31,33H,32H2. The molecule has 51 heavy (non-hydrogen) atoms. The van der Waals surface area contributed by atoms with Crippen LogP contribution in [-0.4, -0.2) is 4.57 Å². The fraction of sp³-hybridized carbons (Fsp3) is 0.0204. The van der Waals surface area contributed by atoms with Gasteiger partial charge in [0, 0.05) is 33.5 Å². The second-order valence-electron chi connectivity index (χ2n) is 13.4. The van der Waals surface area contributed by atoms with E-state index < -0.39 is 0 Å². The summed E-state index contributed by atoms with van der Waals surface area (Å²) in [4.78, 5) is 2.38. The first-order chi connectivity index (χ1) is 25.3. The molecule has 0 aliphatic heterocycles. The van der Waals surface area contributed by atoms with Crippen molar-refractivity contribution < 1.29 is 0 Å². The van der Waals surface area contributed by atoms with Gasteiger partial charge in [-0.15, -0.1) is 0 Å². The molecule has 0 saturated heterocycles. The second kappa shape index (κ2) is 12.0. The van der Waals surface area contributed by atoms with E-state index in [-0.39, 0.29) is 0 Å². The van der Waals surface area contributed by atoms with Crippen LogP contribution in [-0.2, 0) is 6.42 Å². The molecule has 0 amide bonds. The normalized spacial score (nSPS) is 11.8. The molecule has 0 radical (unpaired) electrons. The average Bonchev–Trinajstić information content (AvgIpc) is 3.75. The van der Waals surface area contributed by atoms with Crippen LogP contribution in [0.1, 0.15) is 11.1 Å². The largest absolute Gasteiger partial charge is 0.310 e. The highest BCUT2D eigenvalue weighted by atomic mass is 15.1. The number of nitrogens with zero attached hydrogens (tertiary/aromatic N) is 2. The quantitative estimate of drug-likeness (QED) is 0.174. The predicted molar refractivity (Wildman–Crippen MR) is 215 cm³/mol. The van der Waals surface area contributed by atoms with Gasteiger partial charge in [0.2, 0.25) is 0 Å². The van der Waals surface area contributed by atoms with Crippen LogP contribution in [0.5, 0.6) is 0 Å². The van der Waals surface area contributed by atoms with Crippen molar-refractivity contribution in [2.24, 2.45) is 0 Å². The van der Waals surface area contributed by atoms with Crippen LogP contribution < -0.4 is 4.90 Å². The van der Waals surface area contributed by atoms with Crippen molar-refractivity contribution in [3.05, 3.63) is 205 Å². The van der Waals surface area contributed by atoms with Gasteiger partial charge in [0.25, 0.3) is 0 Å². The molecule has 0 fully saturated rings. The van der Waals surface area contributed by atoms with Gasteiger partial charge in [-0.2, -0.15) is 0 Å². The summed E-state index contributed by atoms with van der Waals surface area (Å²) in [6, 6.07) is 70.4. The number of hydrogen-bond acceptors (Lipinski definition) is 1. The predicted octanol–water partition coefficient (Wildman–Crippen LogP) is 13.2. The van der Waals surface area contributed by atoms with Gasteiger partial charge < -0.3 is 9.47 Å². The highest BCUT2D eigenvalue weighted by Gasteiger charge is 2.25. The van der Waals surface area contributed by atoms with Gasteiger partial charge in [0.05, 0.1) is 11.0 Å². The van der Waals surface area contributed by atoms with Crippen LogP contribution in [0.3, 0.4) is 0 Å². The van der Waals surface area contributed by atoms with Crippen molar-refractivity contribution in [2.45, 2.75) is 6.42 Å². The van der Waals surface area contributed by atoms with Crippen LogP contribution >= 0.6 is 0 Å². The maximum Gasteiger partial charge on any atom is 0.0544 e. The zero-order chi connectivity index (χ0) is 33.7. The smallest absolute Gasteiger partial charge is 0.0544 e. The molecule has 1 aromatic heterocycles. The molecule has 0 spiro atoms. The number of para-hydroxylation sites is 2. The Morgan fingerprint density at radius 1 is 0.392 bits per heavy atom. The average molecular weight is 651 g/mol. The zero-order valence-electron chi connectivity index (χ0n) is 28.1. The Balaban J connectivity index is 1.11. The lowest BCUT2D eigenvalue weighted by Crippen LogP contribution is -2.09. The summed E-state index contributed by atoms with van der Waals surface area (Å²) in [5.74, 6) is 0. The van der Waals surface area contributed by atoms with E-state index in [0.717, 1.165) is 23.5 Å². The monoisotopic (exact) mass is 650 g/mol. The Morgan fingerprint density at radius 2 is 0.922 bits per heavy atom. The lowest BCUT2D eigenvalue weighted by atomic mass is 9.99. The Labute approximate surface area is 298 Å². The van der Waals surface area contributed by atoms with E-state index >= 15 is 0 Å². The third-order valence-electron chi connectivity index (χ3n) is 10.4. The maximum atomic E-state index is 2.43. The minimum atomic E-state index is 0.942. The molecule has 8 aromatic carbocycles. The fourth-order valence-corrected chi connectivity index (χ4v) is 8.04. The van der Waals surface area contributed by atoms with Crippen LogP contribution in [0.15, 0.2) is 194 Å². The minimum absolute atomic E-state index is 0.942. The molecule has 9 aromatic rings. The van der Waals surface area contributed by atoms with Crippen LogP contribution in [0.2, 0.25) is 0 Å². The number of rotatable bonds is 6. The fourth-order valence-electron chi connectivity index (χ4n) is 8.04. The van der Waals surface area contributed by atoms with Crippen molar-refractivity contribution in [1.29, 1.82) is 0 Å². The third kappa shape index (κ3) is 4.95. The highest BCUT2D eigenvalue weighted by molar-refractivity contribution is 6.14. The molecule has 0 saturated carbocycles. The van der Waals surface area contributed by atoms with Crippen LogP contribution in [0, 0.1) is 0 Å². The van der Waals surface area contributed by atoms with Crippen molar-refractivity contribution in [1.82, 2.24) is 4.57 Å². The summed E-state index contributed by atoms with van der Waals surface area (Å²) < 4.78 is 2.43. The molecule has 0 unspecified atom stereocenters. The van der Waals surface area contributed by atoms with Crippen molar-refractivity contribution >= 4 is 38.9 Å². The van der Waals surface area contributed by atoms with Crippen molar-refractivity contribution in [2.75, 3.05) is 4.90 Å². The number of fused-ring (bicyclic) bond motifs is 7. The van der Waals surface area contributed by atoms with E-state index in [1.54, 1.807) is 0 Å². The first kappa shape index (κ1) is 29.3. The van der Waals surface area contributed by atoms with E-state index in [0.29, 0.717) is 0 Å². The molecule has 0 bridgehead atoms. The lowest BCUT2D eigenvalue weighted by molar-refractivity contribution is 1.18. The van der Waals surface area contributed by atoms with E-state index in [1.807, 2.05) is 0 Å². The van der Waals surface area contributed by atoms with Gasteiger partial charge in [-0.3, -0.25) is 0 Å². The summed E-state index contributed by atoms with van der Waals surface area (Å²) in [6.45, 7) is 0.